The smallest absolute Gasteiger partial charge is 0.327 e. The van der Waals surface area contributed by atoms with Crippen molar-refractivity contribution in [1.82, 2.24) is 4.90 Å². The molecule has 2 rings (SSSR count). The van der Waals surface area contributed by atoms with Gasteiger partial charge in [-0.25, -0.2) is 8.42 Å². The van der Waals surface area contributed by atoms with Gasteiger partial charge in [0.2, 0.25) is 0 Å². The molecule has 1 atom stereocenters. The molecule has 0 radical (unpaired) electrons. The molecule has 0 bridgehead atoms. The molecule has 0 N–H and O–H groups in total. The molecule has 0 saturated heterocycles. The van der Waals surface area contributed by atoms with Crippen molar-refractivity contribution >= 4 is 27.3 Å². The highest BCUT2D eigenvalue weighted by atomic mass is 35.5. The summed E-state index contributed by atoms with van der Waals surface area (Å²) >= 11 is 5.93. The fourth-order valence-electron chi connectivity index (χ4n) is 2.48. The summed E-state index contributed by atoms with van der Waals surface area (Å²) in [5.41, 5.74) is -0.239. The molecule has 0 aliphatic heterocycles. The molecular weight excluding hydrogens is 367 g/mol. The molecule has 1 aromatic carbocycles. The van der Waals surface area contributed by atoms with Crippen molar-refractivity contribution in [3.63, 3.8) is 0 Å². The van der Waals surface area contributed by atoms with Gasteiger partial charge in [0, 0.05) is 12.3 Å². The van der Waals surface area contributed by atoms with Gasteiger partial charge >= 0.3 is 6.18 Å². The Hall–Kier alpha value is -1.28. The van der Waals surface area contributed by atoms with Crippen LogP contribution in [0.15, 0.2) is 23.1 Å². The summed E-state index contributed by atoms with van der Waals surface area (Å²) in [6.45, 7) is 0.165. The van der Waals surface area contributed by atoms with Crippen molar-refractivity contribution in [3.8, 4) is 0 Å². The highest BCUT2D eigenvalue weighted by Crippen LogP contribution is 2.37. The number of nitrogens with zero attached hydrogens (tertiary/aromatic N) is 1. The fourth-order valence-corrected chi connectivity index (χ4v) is 3.33. The summed E-state index contributed by atoms with van der Waals surface area (Å²) in [5, 5.41) is -0.0810. The predicted octanol–water partition coefficient (Wildman–Crippen LogP) is 3.55. The molecule has 1 aliphatic carbocycles. The number of sulfone groups is 1. The van der Waals surface area contributed by atoms with Gasteiger partial charge in [-0.1, -0.05) is 11.6 Å². The molecule has 134 valence electrons. The topological polar surface area (TPSA) is 54.5 Å². The Bertz CT molecular complexity index is 745. The minimum Gasteiger partial charge on any atom is -0.327 e. The predicted molar refractivity (Wildman–Crippen MR) is 83.8 cm³/mol. The maximum absolute atomic E-state index is 12.9. The van der Waals surface area contributed by atoms with Gasteiger partial charge in [0.15, 0.2) is 9.84 Å². The Kier molecular flexibility index (Phi) is 5.20. The van der Waals surface area contributed by atoms with Crippen LogP contribution >= 0.6 is 11.6 Å². The second-order valence-electron chi connectivity index (χ2n) is 6.04. The Balaban J connectivity index is 2.41. The highest BCUT2D eigenvalue weighted by Gasteiger charge is 2.41. The molecule has 0 heterocycles. The number of carbonyl (C=O) groups excluding carboxylic acids is 1. The average Bonchev–Trinajstić information content (AvgIpc) is 3.26. The molecule has 0 spiro atoms. The van der Waals surface area contributed by atoms with Gasteiger partial charge in [-0.2, -0.15) is 13.2 Å². The summed E-state index contributed by atoms with van der Waals surface area (Å²) in [4.78, 5) is 13.2. The van der Waals surface area contributed by atoms with E-state index >= 15 is 0 Å². The van der Waals surface area contributed by atoms with Crippen molar-refractivity contribution in [2.24, 2.45) is 5.92 Å². The average molecular weight is 384 g/mol. The molecule has 1 aliphatic rings. The number of benzene rings is 1. The lowest BCUT2D eigenvalue weighted by atomic mass is 10.1. The molecule has 9 heteroatoms. The minimum atomic E-state index is -4.56. The SMILES string of the molecule is C[C@H](C1CC1)N(CC(F)(F)F)C(=O)c1cc(S(C)(=O)=O)ccc1Cl. The maximum Gasteiger partial charge on any atom is 0.406 e. The molecule has 1 saturated carbocycles. The summed E-state index contributed by atoms with van der Waals surface area (Å²) in [5.74, 6) is -0.893. The normalized spacial score (nSPS) is 16.8. The second-order valence-corrected chi connectivity index (χ2v) is 8.46. The Morgan fingerprint density at radius 2 is 1.96 bits per heavy atom. The van der Waals surface area contributed by atoms with Crippen molar-refractivity contribution in [3.05, 3.63) is 28.8 Å². The van der Waals surface area contributed by atoms with E-state index in [1.165, 1.54) is 12.1 Å². The zero-order valence-corrected chi connectivity index (χ0v) is 14.7. The first kappa shape index (κ1) is 19.1. The molecule has 0 aromatic heterocycles. The second kappa shape index (κ2) is 6.55. The Labute approximate surface area is 143 Å². The van der Waals surface area contributed by atoms with E-state index in [4.69, 9.17) is 11.6 Å². The third kappa shape index (κ3) is 4.63. The number of amides is 1. The van der Waals surface area contributed by atoms with Gasteiger partial charge in [0.25, 0.3) is 5.91 Å². The van der Waals surface area contributed by atoms with Gasteiger partial charge in [0.05, 0.1) is 15.5 Å². The largest absolute Gasteiger partial charge is 0.406 e. The first-order valence-corrected chi connectivity index (χ1v) is 9.54. The van der Waals surface area contributed by atoms with Crippen LogP contribution in [0.25, 0.3) is 0 Å². The molecule has 4 nitrogen and oxygen atoms in total. The van der Waals surface area contributed by atoms with E-state index in [0.29, 0.717) is 0 Å². The van der Waals surface area contributed by atoms with Gasteiger partial charge < -0.3 is 4.90 Å². The molecule has 24 heavy (non-hydrogen) atoms. The number of halogens is 4. The summed E-state index contributed by atoms with van der Waals surface area (Å²) in [7, 11) is -3.61. The van der Waals surface area contributed by atoms with Crippen LogP contribution in [0.5, 0.6) is 0 Å². The standard InChI is InChI=1S/C15H17ClF3NO3S/c1-9(10-3-4-10)20(8-15(17,18)19)14(21)12-7-11(24(2,22)23)5-6-13(12)16/h5-7,9-10H,3-4,8H2,1-2H3/t9-/m1/s1. The van der Waals surface area contributed by atoms with Crippen molar-refractivity contribution in [1.29, 1.82) is 0 Å². The van der Waals surface area contributed by atoms with Crippen molar-refractivity contribution in [2.45, 2.75) is 36.9 Å². The van der Waals surface area contributed by atoms with E-state index in [0.717, 1.165) is 30.1 Å². The number of hydrogen-bond acceptors (Lipinski definition) is 3. The van der Waals surface area contributed by atoms with Crippen LogP contribution in [-0.2, 0) is 9.84 Å². The van der Waals surface area contributed by atoms with E-state index in [1.807, 2.05) is 0 Å². The van der Waals surface area contributed by atoms with Crippen LogP contribution in [0.4, 0.5) is 13.2 Å². The number of carbonyl (C=O) groups is 1. The fraction of sp³-hybridized carbons (Fsp3) is 0.533. The van der Waals surface area contributed by atoms with E-state index in [-0.39, 0.29) is 21.4 Å². The summed E-state index contributed by atoms with van der Waals surface area (Å²) < 4.78 is 61.9. The van der Waals surface area contributed by atoms with Crippen LogP contribution in [0.3, 0.4) is 0 Å². The lowest BCUT2D eigenvalue weighted by molar-refractivity contribution is -0.144. The van der Waals surface area contributed by atoms with E-state index < -0.39 is 34.5 Å². The maximum atomic E-state index is 12.9. The van der Waals surface area contributed by atoms with Crippen molar-refractivity contribution < 1.29 is 26.4 Å². The minimum absolute atomic E-state index is 0.0214. The number of alkyl halides is 3. The Morgan fingerprint density at radius 1 is 1.38 bits per heavy atom. The first-order chi connectivity index (χ1) is 10.9. The third-order valence-corrected chi connectivity index (χ3v) is 5.44. The quantitative estimate of drug-likeness (QED) is 0.781. The van der Waals surface area contributed by atoms with Crippen LogP contribution < -0.4 is 0 Å². The molecule has 1 amide bonds. The van der Waals surface area contributed by atoms with E-state index in [2.05, 4.69) is 0 Å². The van der Waals surface area contributed by atoms with Crippen molar-refractivity contribution in [2.75, 3.05) is 12.8 Å². The zero-order chi connectivity index (χ0) is 18.3. The lowest BCUT2D eigenvalue weighted by Crippen LogP contribution is -2.45. The Morgan fingerprint density at radius 3 is 2.42 bits per heavy atom. The molecular formula is C15H17ClF3NO3S. The molecule has 1 aromatic rings. The van der Waals surface area contributed by atoms with Gasteiger partial charge in [-0.3, -0.25) is 4.79 Å². The zero-order valence-electron chi connectivity index (χ0n) is 13.1. The molecule has 1 fully saturated rings. The lowest BCUT2D eigenvalue weighted by Gasteiger charge is -2.30. The molecule has 0 unspecified atom stereocenters. The van der Waals surface area contributed by atoms with Crippen LogP contribution in [0, 0.1) is 5.92 Å². The summed E-state index contributed by atoms with van der Waals surface area (Å²) in [6, 6.07) is 2.85. The third-order valence-electron chi connectivity index (χ3n) is 4.00. The van der Waals surface area contributed by atoms with Gasteiger partial charge in [-0.15, -0.1) is 0 Å². The monoisotopic (exact) mass is 383 g/mol. The van der Waals surface area contributed by atoms with Gasteiger partial charge in [0.1, 0.15) is 6.54 Å². The van der Waals surface area contributed by atoms with E-state index in [1.54, 1.807) is 6.92 Å². The van der Waals surface area contributed by atoms with Crippen LogP contribution in [0.1, 0.15) is 30.1 Å². The van der Waals surface area contributed by atoms with Crippen LogP contribution in [-0.4, -0.2) is 44.2 Å². The highest BCUT2D eigenvalue weighted by molar-refractivity contribution is 7.90. The summed E-state index contributed by atoms with van der Waals surface area (Å²) in [6.07, 6.45) is -2.08. The van der Waals surface area contributed by atoms with Gasteiger partial charge in [-0.05, 0) is 43.9 Å². The number of rotatable bonds is 5. The van der Waals surface area contributed by atoms with E-state index in [9.17, 15) is 26.4 Å². The first-order valence-electron chi connectivity index (χ1n) is 7.27. The van der Waals surface area contributed by atoms with Crippen LogP contribution in [0.2, 0.25) is 5.02 Å². The number of hydrogen-bond donors (Lipinski definition) is 0.